The van der Waals surface area contributed by atoms with E-state index < -0.39 is 45.8 Å². The molecular weight excluding hydrogens is 613 g/mol. The molecule has 3 rings (SSSR count). The molecule has 11 nitrogen and oxygen atoms in total. The molecule has 2 aromatic carbocycles. The Bertz CT molecular complexity index is 1520. The molecule has 0 bridgehead atoms. The quantitative estimate of drug-likeness (QED) is 0.171. The summed E-state index contributed by atoms with van der Waals surface area (Å²) in [5.41, 5.74) is -1.27. The third-order valence-corrected chi connectivity index (χ3v) is 6.33. The minimum Gasteiger partial charge on any atom is -0.481 e. The molecule has 2 N–H and O–H groups in total. The summed E-state index contributed by atoms with van der Waals surface area (Å²) in [5, 5.41) is 23.7. The lowest BCUT2D eigenvalue weighted by atomic mass is 10.0. The second kappa shape index (κ2) is 14.3. The number of ether oxygens (including phenoxy) is 2. The van der Waals surface area contributed by atoms with Gasteiger partial charge in [0.15, 0.2) is 0 Å². The maximum Gasteiger partial charge on any atom is 0.410 e. The van der Waals surface area contributed by atoms with Crippen molar-refractivity contribution >= 4 is 53.1 Å². The molecule has 1 unspecified atom stereocenters. The first-order valence-corrected chi connectivity index (χ1v) is 13.0. The Hall–Kier alpha value is -4.23. The largest absolute Gasteiger partial charge is 0.481 e. The number of carboxylic acid groups (broad SMARTS) is 1. The second-order valence-corrected chi connectivity index (χ2v) is 10.6. The van der Waals surface area contributed by atoms with Crippen molar-refractivity contribution in [1.82, 2.24) is 9.88 Å². The topological polar surface area (TPSA) is 144 Å². The van der Waals surface area contributed by atoms with Crippen LogP contribution in [-0.2, 0) is 11.2 Å². The Balaban J connectivity index is 0.00000645. The van der Waals surface area contributed by atoms with Gasteiger partial charge in [0.2, 0.25) is 5.88 Å². The molecule has 1 heterocycles. The van der Waals surface area contributed by atoms with Crippen molar-refractivity contribution in [2.24, 2.45) is 0 Å². The van der Waals surface area contributed by atoms with E-state index in [0.29, 0.717) is 0 Å². The van der Waals surface area contributed by atoms with Gasteiger partial charge in [-0.2, -0.15) is 0 Å². The van der Waals surface area contributed by atoms with Crippen molar-refractivity contribution in [3.8, 4) is 5.88 Å². The molecule has 0 aliphatic rings. The molecule has 0 spiro atoms. The van der Waals surface area contributed by atoms with Crippen molar-refractivity contribution in [1.29, 1.82) is 0 Å². The third kappa shape index (κ3) is 8.88. The first-order valence-electron chi connectivity index (χ1n) is 12.6. The van der Waals surface area contributed by atoms with Crippen LogP contribution in [0.15, 0.2) is 42.5 Å². The van der Waals surface area contributed by atoms with Gasteiger partial charge in [0.1, 0.15) is 22.9 Å². The van der Waals surface area contributed by atoms with Gasteiger partial charge >= 0.3 is 12.1 Å². The zero-order chi connectivity index (χ0) is 31.4. The molecule has 1 aromatic heterocycles. The number of hydrogen-bond acceptors (Lipinski definition) is 8. The number of carbonyl (C=O) groups excluding carboxylic acids is 1. The van der Waals surface area contributed by atoms with Crippen LogP contribution in [0.5, 0.6) is 5.88 Å². The highest BCUT2D eigenvalue weighted by Crippen LogP contribution is 2.34. The number of nitro groups is 1. The van der Waals surface area contributed by atoms with Crippen LogP contribution < -0.4 is 10.1 Å². The highest BCUT2D eigenvalue weighted by atomic mass is 35.5. The summed E-state index contributed by atoms with van der Waals surface area (Å²) >= 11 is 5.89. The maximum absolute atomic E-state index is 14.6. The summed E-state index contributed by atoms with van der Waals surface area (Å²) in [6.45, 7) is 6.40. The average Bonchev–Trinajstić information content (AvgIpc) is 2.90. The summed E-state index contributed by atoms with van der Waals surface area (Å²) in [4.78, 5) is 41.6. The zero-order valence-electron chi connectivity index (χ0n) is 23.8. The number of hydrogen-bond donors (Lipinski definition) is 2. The van der Waals surface area contributed by atoms with E-state index in [1.807, 2.05) is 0 Å². The van der Waals surface area contributed by atoms with Crippen LogP contribution in [0.2, 0.25) is 5.02 Å². The fourth-order valence-electron chi connectivity index (χ4n) is 4.06. The normalized spacial score (nSPS) is 11.6. The number of halogens is 4. The number of rotatable bonds is 10. The van der Waals surface area contributed by atoms with E-state index in [2.05, 4.69) is 10.3 Å². The fourth-order valence-corrected chi connectivity index (χ4v) is 4.22. The number of carboxylic acids is 1. The summed E-state index contributed by atoms with van der Waals surface area (Å²) in [5.74, 6) is -2.90. The lowest BCUT2D eigenvalue weighted by Gasteiger charge is -2.33. The third-order valence-electron chi connectivity index (χ3n) is 6.04. The number of carbonyl (C=O) groups is 2. The summed E-state index contributed by atoms with van der Waals surface area (Å²) < 4.78 is 39.2. The second-order valence-electron chi connectivity index (χ2n) is 10.1. The molecule has 1 atom stereocenters. The number of methoxy groups -OCH3 is 1. The van der Waals surface area contributed by atoms with Gasteiger partial charge < -0.3 is 24.8 Å². The number of nitrogens with zero attached hydrogens (tertiary/aromatic N) is 3. The number of amides is 1. The molecular formula is C28H30Cl2F2N4O7. The SMILES string of the molecule is COc1ccc([N+](=O)[O-])c(CCN(C(=O)OC(C)(C)C)C(C)c2cc(F)ccc2Nc2cc(Cl)c(F)cc2C(=O)O)n1.Cl. The van der Waals surface area contributed by atoms with Gasteiger partial charge in [0.05, 0.1) is 34.3 Å². The fraction of sp³-hybridized carbons (Fsp3) is 0.321. The molecule has 3 aromatic rings. The highest BCUT2D eigenvalue weighted by Gasteiger charge is 2.30. The van der Waals surface area contributed by atoms with Crippen LogP contribution in [-0.4, -0.2) is 51.2 Å². The molecule has 0 aliphatic carbocycles. The van der Waals surface area contributed by atoms with Gasteiger partial charge in [-0.15, -0.1) is 12.4 Å². The smallest absolute Gasteiger partial charge is 0.410 e. The predicted octanol–water partition coefficient (Wildman–Crippen LogP) is 7.33. The number of aromatic nitrogens is 1. The molecule has 43 heavy (non-hydrogen) atoms. The van der Waals surface area contributed by atoms with Gasteiger partial charge in [-0.1, -0.05) is 11.6 Å². The van der Waals surface area contributed by atoms with Gasteiger partial charge in [0, 0.05) is 36.3 Å². The van der Waals surface area contributed by atoms with Gasteiger partial charge in [0.25, 0.3) is 5.69 Å². The van der Waals surface area contributed by atoms with Crippen LogP contribution in [0.1, 0.15) is 55.4 Å². The highest BCUT2D eigenvalue weighted by molar-refractivity contribution is 6.31. The van der Waals surface area contributed by atoms with Gasteiger partial charge in [-0.05, 0) is 58.0 Å². The predicted molar refractivity (Wildman–Crippen MR) is 158 cm³/mol. The molecule has 232 valence electrons. The number of aromatic carboxylic acids is 1. The van der Waals surface area contributed by atoms with Crippen LogP contribution in [0.4, 0.5) is 30.6 Å². The molecule has 15 heteroatoms. The standard InChI is InChI=1S/C28H29ClF2N4O7.ClH/c1-15(17-12-16(30)6-7-21(17)32-23-14-19(29)20(31)13-18(23)26(36)37)34(27(38)42-28(2,3)4)11-10-22-24(35(39)40)8-9-25(33-22)41-5;/h6-9,12-15,32H,10-11H2,1-5H3,(H,36,37);1H. The summed E-state index contributed by atoms with van der Waals surface area (Å²) in [7, 11) is 1.36. The van der Waals surface area contributed by atoms with E-state index in [1.54, 1.807) is 27.7 Å². The van der Waals surface area contributed by atoms with E-state index in [9.17, 15) is 33.6 Å². The van der Waals surface area contributed by atoms with Crippen molar-refractivity contribution < 1.29 is 37.9 Å². The van der Waals surface area contributed by atoms with Gasteiger partial charge in [-0.25, -0.2) is 23.4 Å². The van der Waals surface area contributed by atoms with Gasteiger partial charge in [-0.3, -0.25) is 10.1 Å². The average molecular weight is 643 g/mol. The van der Waals surface area contributed by atoms with Crippen molar-refractivity contribution in [3.63, 3.8) is 0 Å². The number of anilines is 2. The van der Waals surface area contributed by atoms with E-state index >= 15 is 0 Å². The van der Waals surface area contributed by atoms with Crippen molar-refractivity contribution in [2.75, 3.05) is 19.0 Å². The lowest BCUT2D eigenvalue weighted by Crippen LogP contribution is -2.40. The maximum atomic E-state index is 14.6. The van der Waals surface area contributed by atoms with E-state index in [1.165, 1.54) is 30.2 Å². The van der Waals surface area contributed by atoms with Crippen LogP contribution in [0.25, 0.3) is 0 Å². The zero-order valence-corrected chi connectivity index (χ0v) is 25.4. The number of nitrogens with one attached hydrogen (secondary N) is 1. The summed E-state index contributed by atoms with van der Waals surface area (Å²) in [6.07, 6.45) is -0.891. The minimum absolute atomic E-state index is 0. The van der Waals surface area contributed by atoms with Crippen molar-refractivity contribution in [2.45, 2.75) is 45.8 Å². The van der Waals surface area contributed by atoms with Crippen LogP contribution >= 0.6 is 24.0 Å². The van der Waals surface area contributed by atoms with Crippen LogP contribution in [0, 0.1) is 21.7 Å². The molecule has 0 fully saturated rings. The van der Waals surface area contributed by atoms with Crippen LogP contribution in [0.3, 0.4) is 0 Å². The van der Waals surface area contributed by atoms with E-state index in [-0.39, 0.29) is 64.6 Å². The lowest BCUT2D eigenvalue weighted by molar-refractivity contribution is -0.386. The van der Waals surface area contributed by atoms with E-state index in [0.717, 1.165) is 24.3 Å². The molecule has 0 aliphatic heterocycles. The minimum atomic E-state index is -1.44. The number of pyridine rings is 1. The Morgan fingerprint density at radius 2 is 1.84 bits per heavy atom. The van der Waals surface area contributed by atoms with E-state index in [4.69, 9.17) is 21.1 Å². The Morgan fingerprint density at radius 3 is 2.42 bits per heavy atom. The molecule has 1 amide bonds. The molecule has 0 saturated heterocycles. The Labute approximate surface area is 257 Å². The van der Waals surface area contributed by atoms with Crippen molar-refractivity contribution in [3.05, 3.63) is 86.1 Å². The summed E-state index contributed by atoms with van der Waals surface area (Å²) in [6, 6.07) is 7.07. The monoisotopic (exact) mass is 642 g/mol. The Kier molecular flexibility index (Phi) is 11.6. The first-order chi connectivity index (χ1) is 19.6. The Morgan fingerprint density at radius 1 is 1.16 bits per heavy atom. The molecule has 0 radical (unpaired) electrons. The molecule has 0 saturated carbocycles. The number of benzene rings is 2. The first kappa shape index (κ1) is 35.0.